The molecule has 136 valence electrons. The van der Waals surface area contributed by atoms with Crippen LogP contribution >= 0.6 is 15.9 Å². The summed E-state index contributed by atoms with van der Waals surface area (Å²) in [6.07, 6.45) is 0. The molecule has 0 spiro atoms. The van der Waals surface area contributed by atoms with Crippen LogP contribution in [-0.4, -0.2) is 48.5 Å². The number of carbonyl (C=O) groups is 1. The Morgan fingerprint density at radius 3 is 2.46 bits per heavy atom. The number of carbonyl (C=O) groups excluding carboxylic acids is 1. The third kappa shape index (κ3) is 4.59. The molecule has 1 aliphatic rings. The van der Waals surface area contributed by atoms with Gasteiger partial charge in [-0.05, 0) is 24.3 Å². The average molecular weight is 419 g/mol. The Labute approximate surface area is 159 Å². The molecule has 1 fully saturated rings. The Bertz CT molecular complexity index is 792. The second kappa shape index (κ2) is 8.29. The topological polar surface area (TPSA) is 78.7 Å². The van der Waals surface area contributed by atoms with Crippen molar-refractivity contribution in [3.05, 3.63) is 63.1 Å². The molecule has 0 aliphatic carbocycles. The number of anilines is 2. The molecule has 0 atom stereocenters. The van der Waals surface area contributed by atoms with Gasteiger partial charge in [-0.15, -0.1) is 0 Å². The normalized spacial score (nSPS) is 14.9. The van der Waals surface area contributed by atoms with Crippen LogP contribution in [0.3, 0.4) is 0 Å². The molecule has 0 radical (unpaired) electrons. The van der Waals surface area contributed by atoms with Crippen molar-refractivity contribution in [2.24, 2.45) is 0 Å². The number of benzene rings is 2. The number of rotatable bonds is 5. The summed E-state index contributed by atoms with van der Waals surface area (Å²) < 4.78 is 0.684. The van der Waals surface area contributed by atoms with E-state index in [9.17, 15) is 14.9 Å². The van der Waals surface area contributed by atoms with Gasteiger partial charge in [0.15, 0.2) is 0 Å². The van der Waals surface area contributed by atoms with E-state index in [2.05, 4.69) is 26.1 Å². The lowest BCUT2D eigenvalue weighted by Gasteiger charge is -2.35. The molecule has 2 aromatic rings. The molecule has 1 heterocycles. The highest BCUT2D eigenvalue weighted by atomic mass is 79.9. The quantitative estimate of drug-likeness (QED) is 0.595. The number of halogens is 1. The van der Waals surface area contributed by atoms with Crippen LogP contribution in [0.15, 0.2) is 53.0 Å². The number of piperazine rings is 1. The lowest BCUT2D eigenvalue weighted by atomic mass is 10.2. The standard InChI is InChI=1S/C18H19BrN4O3/c19-14-6-7-16(17(12-14)23(25)26)22-10-8-21(9-11-22)13-18(24)20-15-4-2-1-3-5-15/h1-7,12H,8-11,13H2,(H,20,24). The van der Waals surface area contributed by atoms with Crippen LogP contribution in [0.4, 0.5) is 17.1 Å². The molecule has 1 aliphatic heterocycles. The van der Waals surface area contributed by atoms with Crippen LogP contribution in [-0.2, 0) is 4.79 Å². The fourth-order valence-electron chi connectivity index (χ4n) is 2.98. The molecule has 7 nitrogen and oxygen atoms in total. The molecule has 26 heavy (non-hydrogen) atoms. The van der Waals surface area contributed by atoms with Gasteiger partial charge in [-0.2, -0.15) is 0 Å². The van der Waals surface area contributed by atoms with Gasteiger partial charge in [0.05, 0.1) is 11.5 Å². The van der Waals surface area contributed by atoms with Gasteiger partial charge in [-0.25, -0.2) is 0 Å². The van der Waals surface area contributed by atoms with Gasteiger partial charge < -0.3 is 10.2 Å². The van der Waals surface area contributed by atoms with Crippen molar-refractivity contribution in [3.8, 4) is 0 Å². The van der Waals surface area contributed by atoms with E-state index in [0.29, 0.717) is 42.9 Å². The zero-order valence-corrected chi connectivity index (χ0v) is 15.7. The first-order valence-corrected chi connectivity index (χ1v) is 9.08. The lowest BCUT2D eigenvalue weighted by molar-refractivity contribution is -0.384. The molecule has 8 heteroatoms. The molecular formula is C18H19BrN4O3. The van der Waals surface area contributed by atoms with Crippen molar-refractivity contribution in [1.29, 1.82) is 0 Å². The summed E-state index contributed by atoms with van der Waals surface area (Å²) in [5, 5.41) is 14.2. The first-order valence-electron chi connectivity index (χ1n) is 8.29. The minimum Gasteiger partial charge on any atom is -0.363 e. The van der Waals surface area contributed by atoms with E-state index in [1.165, 1.54) is 6.07 Å². The van der Waals surface area contributed by atoms with E-state index in [-0.39, 0.29) is 16.5 Å². The Balaban J connectivity index is 1.56. The number of hydrogen-bond donors (Lipinski definition) is 1. The molecule has 0 bridgehead atoms. The summed E-state index contributed by atoms with van der Waals surface area (Å²) in [5.41, 5.74) is 1.49. The van der Waals surface area contributed by atoms with Gasteiger partial charge in [0.25, 0.3) is 5.69 Å². The first kappa shape index (κ1) is 18.3. The zero-order chi connectivity index (χ0) is 18.5. The summed E-state index contributed by atoms with van der Waals surface area (Å²) in [4.78, 5) is 27.1. The maximum atomic E-state index is 12.2. The predicted molar refractivity (Wildman–Crippen MR) is 105 cm³/mol. The third-order valence-electron chi connectivity index (χ3n) is 4.27. The van der Waals surface area contributed by atoms with E-state index in [0.717, 1.165) is 5.69 Å². The van der Waals surface area contributed by atoms with E-state index in [1.54, 1.807) is 6.07 Å². The predicted octanol–water partition coefficient (Wildman–Crippen LogP) is 3.12. The van der Waals surface area contributed by atoms with E-state index in [4.69, 9.17) is 0 Å². The highest BCUT2D eigenvalue weighted by molar-refractivity contribution is 9.10. The molecule has 0 aromatic heterocycles. The van der Waals surface area contributed by atoms with Crippen LogP contribution < -0.4 is 10.2 Å². The highest BCUT2D eigenvalue weighted by Gasteiger charge is 2.24. The summed E-state index contributed by atoms with van der Waals surface area (Å²) in [6.45, 7) is 2.94. The van der Waals surface area contributed by atoms with Crippen LogP contribution in [0.25, 0.3) is 0 Å². The molecule has 1 amide bonds. The number of amides is 1. The number of para-hydroxylation sites is 1. The van der Waals surface area contributed by atoms with Gasteiger partial charge in [-0.3, -0.25) is 19.8 Å². The number of nitro benzene ring substituents is 1. The molecule has 0 unspecified atom stereocenters. The van der Waals surface area contributed by atoms with Crippen LogP contribution in [0, 0.1) is 10.1 Å². The van der Waals surface area contributed by atoms with E-state index < -0.39 is 0 Å². The second-order valence-electron chi connectivity index (χ2n) is 6.07. The van der Waals surface area contributed by atoms with Crippen molar-refractivity contribution >= 4 is 38.9 Å². The largest absolute Gasteiger partial charge is 0.363 e. The fourth-order valence-corrected chi connectivity index (χ4v) is 3.33. The first-order chi connectivity index (χ1) is 12.5. The summed E-state index contributed by atoms with van der Waals surface area (Å²) in [7, 11) is 0. The lowest BCUT2D eigenvalue weighted by Crippen LogP contribution is -2.48. The van der Waals surface area contributed by atoms with Gasteiger partial charge in [0.1, 0.15) is 5.69 Å². The van der Waals surface area contributed by atoms with Crippen molar-refractivity contribution in [2.75, 3.05) is 42.9 Å². The van der Waals surface area contributed by atoms with E-state index in [1.807, 2.05) is 41.3 Å². The molecule has 1 saturated heterocycles. The Morgan fingerprint density at radius 2 is 1.81 bits per heavy atom. The summed E-state index contributed by atoms with van der Waals surface area (Å²) in [5.74, 6) is -0.0562. The maximum Gasteiger partial charge on any atom is 0.293 e. The van der Waals surface area contributed by atoms with Crippen molar-refractivity contribution < 1.29 is 9.72 Å². The Morgan fingerprint density at radius 1 is 1.12 bits per heavy atom. The van der Waals surface area contributed by atoms with Gasteiger partial charge in [-0.1, -0.05) is 34.1 Å². The Kier molecular flexibility index (Phi) is 5.85. The third-order valence-corrected chi connectivity index (χ3v) is 4.77. The van der Waals surface area contributed by atoms with Crippen LogP contribution in [0.2, 0.25) is 0 Å². The van der Waals surface area contributed by atoms with Crippen LogP contribution in [0.5, 0.6) is 0 Å². The van der Waals surface area contributed by atoms with Crippen LogP contribution in [0.1, 0.15) is 0 Å². The second-order valence-corrected chi connectivity index (χ2v) is 6.98. The van der Waals surface area contributed by atoms with Crippen molar-refractivity contribution in [1.82, 2.24) is 4.90 Å². The molecule has 1 N–H and O–H groups in total. The van der Waals surface area contributed by atoms with E-state index >= 15 is 0 Å². The number of hydrogen-bond acceptors (Lipinski definition) is 5. The van der Waals surface area contributed by atoms with Crippen molar-refractivity contribution in [2.45, 2.75) is 0 Å². The highest BCUT2D eigenvalue weighted by Crippen LogP contribution is 2.31. The minimum atomic E-state index is -0.361. The SMILES string of the molecule is O=C(CN1CCN(c2ccc(Br)cc2[N+](=O)[O-])CC1)Nc1ccccc1. The summed E-state index contributed by atoms with van der Waals surface area (Å²) >= 11 is 3.28. The summed E-state index contributed by atoms with van der Waals surface area (Å²) in [6, 6.07) is 14.4. The van der Waals surface area contributed by atoms with Gasteiger partial charge in [0, 0.05) is 42.4 Å². The molecule has 3 rings (SSSR count). The van der Waals surface area contributed by atoms with Gasteiger partial charge in [0.2, 0.25) is 5.91 Å². The maximum absolute atomic E-state index is 12.2. The minimum absolute atomic E-state index is 0.0562. The number of nitrogens with zero attached hydrogens (tertiary/aromatic N) is 3. The zero-order valence-electron chi connectivity index (χ0n) is 14.1. The number of nitrogens with one attached hydrogen (secondary N) is 1. The Hall–Kier alpha value is -2.45. The molecular weight excluding hydrogens is 400 g/mol. The number of nitro groups is 1. The smallest absolute Gasteiger partial charge is 0.293 e. The molecule has 2 aromatic carbocycles. The monoisotopic (exact) mass is 418 g/mol. The fraction of sp³-hybridized carbons (Fsp3) is 0.278. The average Bonchev–Trinajstić information content (AvgIpc) is 2.63. The van der Waals surface area contributed by atoms with Gasteiger partial charge >= 0.3 is 0 Å². The van der Waals surface area contributed by atoms with Crippen molar-refractivity contribution in [3.63, 3.8) is 0 Å². The molecule has 0 saturated carbocycles.